The summed E-state index contributed by atoms with van der Waals surface area (Å²) < 4.78 is 11.8. The first-order chi connectivity index (χ1) is 10.6. The number of fused-ring (bicyclic) bond motifs is 1. The van der Waals surface area contributed by atoms with E-state index in [0.29, 0.717) is 18.3 Å². The van der Waals surface area contributed by atoms with Gasteiger partial charge in [-0.15, -0.1) is 0 Å². The Balaban J connectivity index is 1.57. The predicted octanol–water partition coefficient (Wildman–Crippen LogP) is 2.92. The third-order valence-electron chi connectivity index (χ3n) is 4.53. The van der Waals surface area contributed by atoms with Crippen molar-refractivity contribution in [1.82, 2.24) is 4.90 Å². The zero-order valence-electron chi connectivity index (χ0n) is 14.0. The Hall–Kier alpha value is -1.26. The Morgan fingerprint density at radius 1 is 1.23 bits per heavy atom. The molecule has 2 heterocycles. The second kappa shape index (κ2) is 6.88. The van der Waals surface area contributed by atoms with Gasteiger partial charge in [0.1, 0.15) is 11.9 Å². The Kier molecular flexibility index (Phi) is 4.89. The van der Waals surface area contributed by atoms with Crippen molar-refractivity contribution in [2.75, 3.05) is 31.5 Å². The average Bonchev–Trinajstić information content (AvgIpc) is 2.51. The molecule has 1 fully saturated rings. The molecule has 1 N–H and O–H groups in total. The third kappa shape index (κ3) is 3.73. The van der Waals surface area contributed by atoms with E-state index in [1.54, 1.807) is 0 Å². The lowest BCUT2D eigenvalue weighted by molar-refractivity contribution is -0.0675. The Morgan fingerprint density at radius 3 is 2.73 bits per heavy atom. The molecule has 3 atom stereocenters. The lowest BCUT2D eigenvalue weighted by Gasteiger charge is -2.35. The fraction of sp³-hybridized carbons (Fsp3) is 0.667. The fourth-order valence-electron chi connectivity index (χ4n) is 3.40. The number of hydrogen-bond acceptors (Lipinski definition) is 4. The highest BCUT2D eigenvalue weighted by atomic mass is 16.5. The van der Waals surface area contributed by atoms with Crippen LogP contribution in [0.15, 0.2) is 18.2 Å². The van der Waals surface area contributed by atoms with Gasteiger partial charge in [-0.2, -0.15) is 0 Å². The lowest BCUT2D eigenvalue weighted by Crippen LogP contribution is -2.46. The molecule has 4 nitrogen and oxygen atoms in total. The van der Waals surface area contributed by atoms with Crippen molar-refractivity contribution in [3.05, 3.63) is 23.8 Å². The zero-order valence-corrected chi connectivity index (χ0v) is 14.0. The average molecular weight is 304 g/mol. The topological polar surface area (TPSA) is 33.7 Å². The minimum atomic E-state index is 0.301. The van der Waals surface area contributed by atoms with Gasteiger partial charge < -0.3 is 14.8 Å². The van der Waals surface area contributed by atoms with E-state index in [4.69, 9.17) is 9.47 Å². The van der Waals surface area contributed by atoms with Crippen molar-refractivity contribution in [3.63, 3.8) is 0 Å². The molecule has 1 saturated heterocycles. The molecule has 2 aliphatic rings. The number of benzene rings is 1. The van der Waals surface area contributed by atoms with Crippen molar-refractivity contribution < 1.29 is 9.47 Å². The van der Waals surface area contributed by atoms with Gasteiger partial charge in [-0.25, -0.2) is 0 Å². The van der Waals surface area contributed by atoms with E-state index < -0.39 is 0 Å². The zero-order chi connectivity index (χ0) is 15.5. The summed E-state index contributed by atoms with van der Waals surface area (Å²) in [6, 6.07) is 6.56. The van der Waals surface area contributed by atoms with Gasteiger partial charge in [0, 0.05) is 19.6 Å². The summed E-state index contributed by atoms with van der Waals surface area (Å²) >= 11 is 0. The highest BCUT2D eigenvalue weighted by Gasteiger charge is 2.22. The van der Waals surface area contributed by atoms with Crippen molar-refractivity contribution in [2.24, 2.45) is 0 Å². The van der Waals surface area contributed by atoms with E-state index in [2.05, 4.69) is 49.2 Å². The summed E-state index contributed by atoms with van der Waals surface area (Å²) in [6.45, 7) is 10.6. The molecule has 3 unspecified atom stereocenters. The van der Waals surface area contributed by atoms with E-state index in [0.717, 1.165) is 50.5 Å². The second-order valence-corrected chi connectivity index (χ2v) is 6.63. The predicted molar refractivity (Wildman–Crippen MR) is 89.8 cm³/mol. The Labute approximate surface area is 133 Å². The van der Waals surface area contributed by atoms with E-state index >= 15 is 0 Å². The minimum Gasteiger partial charge on any atom is -0.486 e. The van der Waals surface area contributed by atoms with E-state index in [1.807, 2.05) is 0 Å². The summed E-state index contributed by atoms with van der Waals surface area (Å²) in [4.78, 5) is 2.51. The molecule has 4 heteroatoms. The molecule has 0 bridgehead atoms. The smallest absolute Gasteiger partial charge is 0.142 e. The van der Waals surface area contributed by atoms with Gasteiger partial charge in [0.05, 0.1) is 24.4 Å². The summed E-state index contributed by atoms with van der Waals surface area (Å²) in [7, 11) is 0. The van der Waals surface area contributed by atoms with Crippen LogP contribution in [-0.2, 0) is 11.2 Å². The number of hydrogen-bond donors (Lipinski definition) is 1. The number of nitrogens with one attached hydrogen (secondary N) is 1. The summed E-state index contributed by atoms with van der Waals surface area (Å²) in [6.07, 6.45) is 3.10. The van der Waals surface area contributed by atoms with Crippen molar-refractivity contribution >= 4 is 5.69 Å². The van der Waals surface area contributed by atoms with Gasteiger partial charge in [0.15, 0.2) is 0 Å². The maximum atomic E-state index is 5.97. The second-order valence-electron chi connectivity index (χ2n) is 6.63. The Morgan fingerprint density at radius 2 is 2.00 bits per heavy atom. The molecule has 0 amide bonds. The van der Waals surface area contributed by atoms with Crippen LogP contribution in [0.2, 0.25) is 0 Å². The first kappa shape index (κ1) is 15.6. The number of morpholine rings is 1. The van der Waals surface area contributed by atoms with Crippen LogP contribution >= 0.6 is 0 Å². The maximum absolute atomic E-state index is 5.97. The third-order valence-corrected chi connectivity index (χ3v) is 4.53. The van der Waals surface area contributed by atoms with Gasteiger partial charge in [0.2, 0.25) is 0 Å². The van der Waals surface area contributed by atoms with Crippen molar-refractivity contribution in [3.8, 4) is 5.75 Å². The van der Waals surface area contributed by atoms with E-state index in [-0.39, 0.29) is 0 Å². The van der Waals surface area contributed by atoms with Crippen LogP contribution in [0, 0.1) is 0 Å². The molecular formula is C18H28N2O2. The molecule has 1 aromatic rings. The SMILES string of the molecule is CCC1CNc2cc(CCN3CC(C)OC(C)C3)ccc2O1. The molecule has 0 saturated carbocycles. The number of nitrogens with zero attached hydrogens (tertiary/aromatic N) is 1. The van der Waals surface area contributed by atoms with Crippen LogP contribution in [0.1, 0.15) is 32.8 Å². The molecule has 0 radical (unpaired) electrons. The lowest BCUT2D eigenvalue weighted by atomic mass is 10.1. The standard InChI is InChI=1S/C18H28N2O2/c1-4-16-10-19-17-9-15(5-6-18(17)22-16)7-8-20-11-13(2)21-14(3)12-20/h5-6,9,13-14,16,19H,4,7-8,10-12H2,1-3H3. The molecule has 0 aliphatic carbocycles. The van der Waals surface area contributed by atoms with Crippen LogP contribution < -0.4 is 10.1 Å². The molecule has 0 aromatic heterocycles. The van der Waals surface area contributed by atoms with Crippen LogP contribution in [-0.4, -0.2) is 49.4 Å². The molecule has 2 aliphatic heterocycles. The molecule has 122 valence electrons. The first-order valence-electron chi connectivity index (χ1n) is 8.55. The van der Waals surface area contributed by atoms with Gasteiger partial charge in [-0.05, 0) is 44.4 Å². The van der Waals surface area contributed by atoms with Gasteiger partial charge in [-0.1, -0.05) is 13.0 Å². The van der Waals surface area contributed by atoms with Crippen molar-refractivity contribution in [2.45, 2.75) is 51.9 Å². The van der Waals surface area contributed by atoms with Gasteiger partial charge in [0.25, 0.3) is 0 Å². The van der Waals surface area contributed by atoms with Crippen LogP contribution in [0.4, 0.5) is 5.69 Å². The quantitative estimate of drug-likeness (QED) is 0.927. The van der Waals surface area contributed by atoms with E-state index in [1.165, 1.54) is 5.56 Å². The minimum absolute atomic E-state index is 0.301. The van der Waals surface area contributed by atoms with E-state index in [9.17, 15) is 0 Å². The number of rotatable bonds is 4. The Bertz CT molecular complexity index is 496. The number of anilines is 1. The van der Waals surface area contributed by atoms with Crippen molar-refractivity contribution in [1.29, 1.82) is 0 Å². The van der Waals surface area contributed by atoms with Crippen LogP contribution in [0.5, 0.6) is 5.75 Å². The monoisotopic (exact) mass is 304 g/mol. The molecular weight excluding hydrogens is 276 g/mol. The van der Waals surface area contributed by atoms with Crippen LogP contribution in [0.3, 0.4) is 0 Å². The normalized spacial score (nSPS) is 28.6. The largest absolute Gasteiger partial charge is 0.486 e. The highest BCUT2D eigenvalue weighted by molar-refractivity contribution is 5.59. The summed E-state index contributed by atoms with van der Waals surface area (Å²) in [5, 5.41) is 3.50. The summed E-state index contributed by atoms with van der Waals surface area (Å²) in [5.74, 6) is 0.996. The van der Waals surface area contributed by atoms with Gasteiger partial charge >= 0.3 is 0 Å². The molecule has 3 rings (SSSR count). The van der Waals surface area contributed by atoms with Gasteiger partial charge in [-0.3, -0.25) is 4.90 Å². The maximum Gasteiger partial charge on any atom is 0.142 e. The molecule has 1 aromatic carbocycles. The number of ether oxygens (including phenoxy) is 2. The fourth-order valence-corrected chi connectivity index (χ4v) is 3.40. The molecule has 22 heavy (non-hydrogen) atoms. The highest BCUT2D eigenvalue weighted by Crippen LogP contribution is 2.30. The summed E-state index contributed by atoms with van der Waals surface area (Å²) in [5.41, 5.74) is 2.52. The van der Waals surface area contributed by atoms with Crippen LogP contribution in [0.25, 0.3) is 0 Å². The molecule has 0 spiro atoms. The first-order valence-corrected chi connectivity index (χ1v) is 8.55.